The Morgan fingerprint density at radius 3 is 2.59 bits per heavy atom. The Kier molecular flexibility index (Phi) is 5.67. The number of aryl methyl sites for hydroxylation is 1. The zero-order valence-electron chi connectivity index (χ0n) is 18.4. The molecule has 8 heteroatoms. The van der Waals surface area contributed by atoms with E-state index in [1.165, 1.54) is 18.3 Å². The van der Waals surface area contributed by atoms with E-state index >= 15 is 0 Å². The number of fused-ring (bicyclic) bond motifs is 2. The minimum atomic E-state index is -3.79. The van der Waals surface area contributed by atoms with Crippen LogP contribution in [-0.4, -0.2) is 23.9 Å². The largest absolute Gasteiger partial charge is 0.359 e. The predicted octanol–water partition coefficient (Wildman–Crippen LogP) is 5.23. The van der Waals surface area contributed by atoms with Crippen molar-refractivity contribution in [3.63, 3.8) is 0 Å². The fourth-order valence-electron chi connectivity index (χ4n) is 4.15. The summed E-state index contributed by atoms with van der Waals surface area (Å²) in [5.74, 6) is -0.207. The molecule has 2 heterocycles. The number of H-pyrrole nitrogens is 1. The van der Waals surface area contributed by atoms with Crippen LogP contribution in [-0.2, 0) is 27.7 Å². The van der Waals surface area contributed by atoms with Crippen molar-refractivity contribution in [2.24, 2.45) is 0 Å². The van der Waals surface area contributed by atoms with E-state index in [4.69, 9.17) is 11.6 Å². The summed E-state index contributed by atoms with van der Waals surface area (Å²) in [7, 11) is -3.79. The highest BCUT2D eigenvalue weighted by molar-refractivity contribution is 7.91. The molecule has 0 radical (unpaired) electrons. The monoisotopic (exact) mass is 491 g/mol. The SMILES string of the molecule is Cc1cc2cc(CNC(=O)Cn3cc(S(=O)(=O)c4ccc(Cl)cc4)c4ccccc43)ccc2[nH]1. The van der Waals surface area contributed by atoms with E-state index in [1.54, 1.807) is 28.8 Å². The third kappa shape index (κ3) is 4.20. The molecule has 0 spiro atoms. The summed E-state index contributed by atoms with van der Waals surface area (Å²) in [6.07, 6.45) is 1.53. The van der Waals surface area contributed by atoms with Crippen LogP contribution in [0.1, 0.15) is 11.3 Å². The quantitative estimate of drug-likeness (QED) is 0.341. The molecule has 0 aliphatic carbocycles. The van der Waals surface area contributed by atoms with Gasteiger partial charge in [0.25, 0.3) is 0 Å². The highest BCUT2D eigenvalue weighted by atomic mass is 35.5. The molecule has 0 saturated carbocycles. The normalized spacial score (nSPS) is 11.8. The van der Waals surface area contributed by atoms with E-state index in [-0.39, 0.29) is 22.2 Å². The minimum absolute atomic E-state index is 0.00214. The molecule has 3 aromatic carbocycles. The maximum atomic E-state index is 13.3. The number of hydrogen-bond acceptors (Lipinski definition) is 3. The van der Waals surface area contributed by atoms with Gasteiger partial charge < -0.3 is 14.9 Å². The molecule has 2 aromatic heterocycles. The zero-order valence-corrected chi connectivity index (χ0v) is 20.0. The maximum Gasteiger partial charge on any atom is 0.240 e. The third-order valence-electron chi connectivity index (χ3n) is 5.79. The lowest BCUT2D eigenvalue weighted by atomic mass is 10.1. The number of aromatic nitrogens is 2. The highest BCUT2D eigenvalue weighted by Gasteiger charge is 2.23. The summed E-state index contributed by atoms with van der Waals surface area (Å²) in [6, 6.07) is 21.3. The van der Waals surface area contributed by atoms with Crippen LogP contribution in [0.2, 0.25) is 5.02 Å². The van der Waals surface area contributed by atoms with Crippen LogP contribution in [0.5, 0.6) is 0 Å². The summed E-state index contributed by atoms with van der Waals surface area (Å²) in [5.41, 5.74) is 3.80. The molecule has 1 amide bonds. The van der Waals surface area contributed by atoms with E-state index in [1.807, 2.05) is 37.3 Å². The number of nitrogens with zero attached hydrogens (tertiary/aromatic N) is 1. The van der Waals surface area contributed by atoms with Crippen LogP contribution < -0.4 is 5.32 Å². The minimum Gasteiger partial charge on any atom is -0.359 e. The van der Waals surface area contributed by atoms with Crippen molar-refractivity contribution in [1.29, 1.82) is 0 Å². The Labute approximate surface area is 202 Å². The zero-order chi connectivity index (χ0) is 23.9. The molecule has 0 fully saturated rings. The first-order chi connectivity index (χ1) is 16.3. The molecule has 0 atom stereocenters. The fraction of sp³-hybridized carbons (Fsp3) is 0.115. The molecule has 2 N–H and O–H groups in total. The van der Waals surface area contributed by atoms with Gasteiger partial charge in [0.15, 0.2) is 0 Å². The van der Waals surface area contributed by atoms with Gasteiger partial charge >= 0.3 is 0 Å². The molecule has 34 heavy (non-hydrogen) atoms. The van der Waals surface area contributed by atoms with Crippen molar-refractivity contribution < 1.29 is 13.2 Å². The van der Waals surface area contributed by atoms with Crippen molar-refractivity contribution in [3.8, 4) is 0 Å². The lowest BCUT2D eigenvalue weighted by Crippen LogP contribution is -2.26. The summed E-state index contributed by atoms with van der Waals surface area (Å²) < 4.78 is 28.3. The number of rotatable bonds is 6. The molecule has 172 valence electrons. The molecule has 0 saturated heterocycles. The van der Waals surface area contributed by atoms with Gasteiger partial charge in [0, 0.05) is 39.9 Å². The van der Waals surface area contributed by atoms with Gasteiger partial charge in [-0.15, -0.1) is 0 Å². The van der Waals surface area contributed by atoms with Crippen molar-refractivity contribution in [1.82, 2.24) is 14.9 Å². The number of aromatic amines is 1. The lowest BCUT2D eigenvalue weighted by molar-refractivity contribution is -0.121. The van der Waals surface area contributed by atoms with Crippen molar-refractivity contribution in [3.05, 3.63) is 95.3 Å². The summed E-state index contributed by atoms with van der Waals surface area (Å²) >= 11 is 5.92. The van der Waals surface area contributed by atoms with Gasteiger partial charge in [0.05, 0.1) is 9.79 Å². The van der Waals surface area contributed by atoms with Crippen LogP contribution in [0, 0.1) is 6.92 Å². The Morgan fingerprint density at radius 2 is 1.79 bits per heavy atom. The molecular weight excluding hydrogens is 470 g/mol. The van der Waals surface area contributed by atoms with Gasteiger partial charge in [-0.1, -0.05) is 35.9 Å². The molecule has 0 unspecified atom stereocenters. The third-order valence-corrected chi connectivity index (χ3v) is 7.84. The van der Waals surface area contributed by atoms with E-state index in [2.05, 4.69) is 16.4 Å². The average molecular weight is 492 g/mol. The second-order valence-corrected chi connectivity index (χ2v) is 10.6. The van der Waals surface area contributed by atoms with E-state index in [0.29, 0.717) is 22.5 Å². The van der Waals surface area contributed by atoms with Crippen LogP contribution >= 0.6 is 11.6 Å². The average Bonchev–Trinajstić information content (AvgIpc) is 3.38. The van der Waals surface area contributed by atoms with Crippen molar-refractivity contribution in [2.45, 2.75) is 29.8 Å². The first kappa shape index (κ1) is 22.3. The van der Waals surface area contributed by atoms with Gasteiger partial charge in [-0.05, 0) is 66.4 Å². The lowest BCUT2D eigenvalue weighted by Gasteiger charge is -2.08. The second kappa shape index (κ2) is 8.66. The smallest absolute Gasteiger partial charge is 0.240 e. The molecule has 5 aromatic rings. The summed E-state index contributed by atoms with van der Waals surface area (Å²) in [6.45, 7) is 2.39. The Bertz CT molecular complexity index is 1630. The molecule has 0 aliphatic rings. The summed E-state index contributed by atoms with van der Waals surface area (Å²) in [5, 5.41) is 5.06. The van der Waals surface area contributed by atoms with Gasteiger partial charge in [0.2, 0.25) is 15.7 Å². The molecular formula is C26H22ClN3O3S. The highest BCUT2D eigenvalue weighted by Crippen LogP contribution is 2.30. The number of amides is 1. The molecule has 5 rings (SSSR count). The topological polar surface area (TPSA) is 84.0 Å². The Morgan fingerprint density at radius 1 is 1.03 bits per heavy atom. The van der Waals surface area contributed by atoms with E-state index in [9.17, 15) is 13.2 Å². The van der Waals surface area contributed by atoms with Gasteiger partial charge in [-0.3, -0.25) is 4.79 Å². The van der Waals surface area contributed by atoms with Crippen LogP contribution in [0.15, 0.2) is 88.8 Å². The second-order valence-electron chi connectivity index (χ2n) is 8.25. The van der Waals surface area contributed by atoms with Gasteiger partial charge in [-0.2, -0.15) is 0 Å². The molecule has 0 aliphatic heterocycles. The first-order valence-corrected chi connectivity index (χ1v) is 12.6. The Balaban J connectivity index is 1.39. The van der Waals surface area contributed by atoms with Crippen LogP contribution in [0.4, 0.5) is 0 Å². The van der Waals surface area contributed by atoms with Gasteiger partial charge in [0.1, 0.15) is 6.54 Å². The maximum absolute atomic E-state index is 13.3. The number of para-hydroxylation sites is 1. The van der Waals surface area contributed by atoms with Crippen LogP contribution in [0.25, 0.3) is 21.8 Å². The van der Waals surface area contributed by atoms with E-state index < -0.39 is 9.84 Å². The standard InChI is InChI=1S/C26H22ClN3O3S/c1-17-12-19-13-18(6-11-23(19)29-17)14-28-26(31)16-30-15-25(22-4-2-3-5-24(22)30)34(32,33)21-9-7-20(27)8-10-21/h2-13,15,29H,14,16H2,1H3,(H,28,31). The summed E-state index contributed by atoms with van der Waals surface area (Å²) in [4.78, 5) is 16.4. The predicted molar refractivity (Wildman–Crippen MR) is 134 cm³/mol. The molecule has 6 nitrogen and oxygen atoms in total. The number of hydrogen-bond donors (Lipinski definition) is 2. The van der Waals surface area contributed by atoms with Crippen molar-refractivity contribution >= 4 is 49.2 Å². The van der Waals surface area contributed by atoms with Crippen LogP contribution in [0.3, 0.4) is 0 Å². The number of carbonyl (C=O) groups excluding carboxylic acids is 1. The fourth-order valence-corrected chi connectivity index (χ4v) is 5.75. The first-order valence-electron chi connectivity index (χ1n) is 10.7. The number of nitrogens with one attached hydrogen (secondary N) is 2. The van der Waals surface area contributed by atoms with Gasteiger partial charge in [-0.25, -0.2) is 8.42 Å². The number of benzene rings is 3. The number of halogens is 1. The molecule has 0 bridgehead atoms. The van der Waals surface area contributed by atoms with Crippen molar-refractivity contribution in [2.75, 3.05) is 0 Å². The number of sulfone groups is 1. The van der Waals surface area contributed by atoms with E-state index in [0.717, 1.165) is 22.2 Å². The number of carbonyl (C=O) groups is 1. The Hall–Kier alpha value is -3.55.